The van der Waals surface area contributed by atoms with Crippen LogP contribution in [0.5, 0.6) is 0 Å². The number of aromatic nitrogens is 2. The van der Waals surface area contributed by atoms with Crippen molar-refractivity contribution in [2.75, 3.05) is 25.1 Å². The lowest BCUT2D eigenvalue weighted by molar-refractivity contribution is 0.542. The predicted molar refractivity (Wildman–Crippen MR) is 72.0 cm³/mol. The highest BCUT2D eigenvalue weighted by molar-refractivity contribution is 7.99. The van der Waals surface area contributed by atoms with Crippen molar-refractivity contribution >= 4 is 21.8 Å². The molecule has 102 valence electrons. The number of aromatic amines is 1. The fraction of sp³-hybridized carbons (Fsp3) is 0.700. The lowest BCUT2D eigenvalue weighted by Gasteiger charge is -2.10. The van der Waals surface area contributed by atoms with Crippen LogP contribution in [-0.2, 0) is 16.6 Å². The van der Waals surface area contributed by atoms with Gasteiger partial charge in [-0.25, -0.2) is 13.1 Å². The Labute approximate surface area is 111 Å². The summed E-state index contributed by atoms with van der Waals surface area (Å²) in [5, 5.41) is 9.45. The van der Waals surface area contributed by atoms with Crippen LogP contribution in [0.25, 0.3) is 0 Å². The first-order valence-corrected chi connectivity index (χ1v) is 8.51. The van der Waals surface area contributed by atoms with Crippen molar-refractivity contribution in [1.29, 1.82) is 0 Å². The monoisotopic (exact) mass is 290 g/mol. The maximum absolute atomic E-state index is 12.1. The van der Waals surface area contributed by atoms with E-state index < -0.39 is 10.0 Å². The van der Waals surface area contributed by atoms with Gasteiger partial charge in [0.1, 0.15) is 0 Å². The van der Waals surface area contributed by atoms with Gasteiger partial charge in [-0.1, -0.05) is 0 Å². The lowest BCUT2D eigenvalue weighted by atomic mass is 10.1. The number of rotatable bonds is 6. The first-order valence-electron chi connectivity index (χ1n) is 5.87. The largest absolute Gasteiger partial charge is 0.316 e. The van der Waals surface area contributed by atoms with Crippen molar-refractivity contribution in [3.05, 3.63) is 11.8 Å². The molecule has 1 saturated heterocycles. The third-order valence-corrected chi connectivity index (χ3v) is 5.57. The van der Waals surface area contributed by atoms with Crippen molar-refractivity contribution in [3.8, 4) is 0 Å². The molecule has 0 amide bonds. The molecule has 1 aliphatic rings. The molecule has 0 bridgehead atoms. The maximum atomic E-state index is 12.1. The number of hydrogen-bond donors (Lipinski definition) is 3. The molecule has 6 nitrogen and oxygen atoms in total. The Morgan fingerprint density at radius 1 is 1.61 bits per heavy atom. The number of sulfonamides is 1. The molecular formula is C10H18N4O2S2. The molecule has 18 heavy (non-hydrogen) atoms. The molecule has 1 atom stereocenters. The van der Waals surface area contributed by atoms with Gasteiger partial charge in [0.15, 0.2) is 5.03 Å². The minimum atomic E-state index is -3.47. The van der Waals surface area contributed by atoms with Gasteiger partial charge in [-0.05, 0) is 30.9 Å². The summed E-state index contributed by atoms with van der Waals surface area (Å²) in [5.74, 6) is 2.61. The van der Waals surface area contributed by atoms with E-state index in [4.69, 9.17) is 0 Å². The average Bonchev–Trinajstić information content (AvgIpc) is 2.97. The molecule has 1 aliphatic heterocycles. The summed E-state index contributed by atoms with van der Waals surface area (Å²) < 4.78 is 26.9. The van der Waals surface area contributed by atoms with Gasteiger partial charge in [0.25, 0.3) is 10.0 Å². The summed E-state index contributed by atoms with van der Waals surface area (Å²) in [6, 6.07) is 0. The van der Waals surface area contributed by atoms with Crippen molar-refractivity contribution in [1.82, 2.24) is 20.2 Å². The Kier molecular flexibility index (Phi) is 4.66. The van der Waals surface area contributed by atoms with Gasteiger partial charge in [0, 0.05) is 18.7 Å². The molecule has 3 N–H and O–H groups in total. The van der Waals surface area contributed by atoms with Gasteiger partial charge in [0.05, 0.1) is 6.20 Å². The highest BCUT2D eigenvalue weighted by Gasteiger charge is 2.23. The van der Waals surface area contributed by atoms with Gasteiger partial charge in [-0.15, -0.1) is 0 Å². The second-order valence-corrected chi connectivity index (χ2v) is 7.19. The molecule has 8 heteroatoms. The molecule has 2 rings (SSSR count). The van der Waals surface area contributed by atoms with Gasteiger partial charge in [-0.3, -0.25) is 5.10 Å². The minimum absolute atomic E-state index is 0.169. The Balaban J connectivity index is 2.02. The molecular weight excluding hydrogens is 272 g/mol. The summed E-state index contributed by atoms with van der Waals surface area (Å²) in [7, 11) is -1.70. The highest BCUT2D eigenvalue weighted by atomic mass is 32.2. The Morgan fingerprint density at radius 3 is 3.11 bits per heavy atom. The fourth-order valence-electron chi connectivity index (χ4n) is 1.89. The zero-order valence-electron chi connectivity index (χ0n) is 10.3. The number of nitrogens with one attached hydrogen (secondary N) is 3. The van der Waals surface area contributed by atoms with Crippen LogP contribution >= 0.6 is 11.8 Å². The van der Waals surface area contributed by atoms with Gasteiger partial charge < -0.3 is 5.32 Å². The average molecular weight is 290 g/mol. The van der Waals surface area contributed by atoms with Crippen LogP contribution < -0.4 is 10.0 Å². The standard InChI is InChI=1S/C10H18N4O2S2/c1-11-5-9-6-12-14-10(9)18(15,16)13-4-8-2-3-17-7-8/h6,8,11,13H,2-5,7H2,1H3,(H,12,14). The lowest BCUT2D eigenvalue weighted by Crippen LogP contribution is -2.30. The number of thioether (sulfide) groups is 1. The molecule has 0 aromatic carbocycles. The summed E-state index contributed by atoms with van der Waals surface area (Å²) in [4.78, 5) is 0. The van der Waals surface area contributed by atoms with Gasteiger partial charge >= 0.3 is 0 Å². The van der Waals surface area contributed by atoms with Crippen molar-refractivity contribution in [3.63, 3.8) is 0 Å². The summed E-state index contributed by atoms with van der Waals surface area (Å²) in [6.07, 6.45) is 2.62. The van der Waals surface area contributed by atoms with E-state index in [0.717, 1.165) is 17.9 Å². The van der Waals surface area contributed by atoms with Crippen LogP contribution in [0.2, 0.25) is 0 Å². The quantitative estimate of drug-likeness (QED) is 0.695. The summed E-state index contributed by atoms with van der Waals surface area (Å²) in [6.45, 7) is 0.985. The topological polar surface area (TPSA) is 86.9 Å². The second-order valence-electron chi connectivity index (χ2n) is 4.34. The van der Waals surface area contributed by atoms with Crippen LogP contribution in [0.4, 0.5) is 0 Å². The maximum Gasteiger partial charge on any atom is 0.257 e. The summed E-state index contributed by atoms with van der Waals surface area (Å²) in [5.41, 5.74) is 0.658. The van der Waals surface area contributed by atoms with E-state index >= 15 is 0 Å². The van der Waals surface area contributed by atoms with E-state index in [-0.39, 0.29) is 5.03 Å². The van der Waals surface area contributed by atoms with E-state index in [1.54, 1.807) is 7.05 Å². The SMILES string of the molecule is CNCc1cn[nH]c1S(=O)(=O)NCC1CCSC1. The number of hydrogen-bond acceptors (Lipinski definition) is 5. The van der Waals surface area contributed by atoms with Gasteiger partial charge in [-0.2, -0.15) is 16.9 Å². The van der Waals surface area contributed by atoms with Crippen LogP contribution in [0.3, 0.4) is 0 Å². The molecule has 1 unspecified atom stereocenters. The zero-order chi connectivity index (χ0) is 13.0. The van der Waals surface area contributed by atoms with Crippen LogP contribution in [0, 0.1) is 5.92 Å². The van der Waals surface area contributed by atoms with E-state index in [1.165, 1.54) is 6.20 Å². The van der Waals surface area contributed by atoms with Crippen molar-refractivity contribution < 1.29 is 8.42 Å². The number of H-pyrrole nitrogens is 1. The van der Waals surface area contributed by atoms with Gasteiger partial charge in [0.2, 0.25) is 0 Å². The van der Waals surface area contributed by atoms with Crippen molar-refractivity contribution in [2.24, 2.45) is 5.92 Å². The molecule has 2 heterocycles. The molecule has 1 aromatic heterocycles. The first-order chi connectivity index (χ1) is 8.63. The molecule has 1 aromatic rings. The highest BCUT2D eigenvalue weighted by Crippen LogP contribution is 2.23. The normalized spacial score (nSPS) is 20.4. The van der Waals surface area contributed by atoms with E-state index in [0.29, 0.717) is 24.6 Å². The van der Waals surface area contributed by atoms with Crippen LogP contribution in [0.1, 0.15) is 12.0 Å². The Bertz CT molecular complexity index is 480. The number of nitrogens with zero attached hydrogens (tertiary/aromatic N) is 1. The Hall–Kier alpha value is -0.570. The zero-order valence-corrected chi connectivity index (χ0v) is 11.9. The third-order valence-electron chi connectivity index (χ3n) is 2.90. The van der Waals surface area contributed by atoms with Crippen molar-refractivity contribution in [2.45, 2.75) is 18.0 Å². The molecule has 0 radical (unpaired) electrons. The molecule has 0 saturated carbocycles. The second kappa shape index (κ2) is 6.05. The first kappa shape index (κ1) is 13.9. The minimum Gasteiger partial charge on any atom is -0.316 e. The summed E-state index contributed by atoms with van der Waals surface area (Å²) >= 11 is 1.88. The molecule has 0 spiro atoms. The van der Waals surface area contributed by atoms with E-state index in [9.17, 15) is 8.42 Å². The van der Waals surface area contributed by atoms with Crippen LogP contribution in [-0.4, -0.2) is 43.7 Å². The Morgan fingerprint density at radius 2 is 2.44 bits per heavy atom. The third kappa shape index (κ3) is 3.25. The van der Waals surface area contributed by atoms with Crippen LogP contribution in [0.15, 0.2) is 11.2 Å². The molecule has 0 aliphatic carbocycles. The molecule has 1 fully saturated rings. The fourth-order valence-corrected chi connectivity index (χ4v) is 4.42. The smallest absolute Gasteiger partial charge is 0.257 e. The van der Waals surface area contributed by atoms with E-state index in [2.05, 4.69) is 20.2 Å². The van der Waals surface area contributed by atoms with E-state index in [1.807, 2.05) is 11.8 Å². The predicted octanol–water partition coefficient (Wildman–Crippen LogP) is 0.161.